The summed E-state index contributed by atoms with van der Waals surface area (Å²) in [6, 6.07) is 1.33. The van der Waals surface area contributed by atoms with E-state index in [0.29, 0.717) is 0 Å². The SMILES string of the molecule is CCOC(=O)CNC(=O)c1cc(Cl)ncc1N. The highest BCUT2D eigenvalue weighted by molar-refractivity contribution is 6.29. The van der Waals surface area contributed by atoms with Gasteiger partial charge in [0.05, 0.1) is 24.1 Å². The van der Waals surface area contributed by atoms with E-state index in [1.165, 1.54) is 12.3 Å². The average molecular weight is 258 g/mol. The average Bonchev–Trinajstić information content (AvgIpc) is 2.29. The van der Waals surface area contributed by atoms with Gasteiger partial charge in [0.1, 0.15) is 11.7 Å². The summed E-state index contributed by atoms with van der Waals surface area (Å²) in [5.41, 5.74) is 5.92. The minimum Gasteiger partial charge on any atom is -0.465 e. The van der Waals surface area contributed by atoms with E-state index in [4.69, 9.17) is 17.3 Å². The molecule has 3 N–H and O–H groups in total. The van der Waals surface area contributed by atoms with E-state index in [9.17, 15) is 9.59 Å². The molecule has 0 bridgehead atoms. The molecule has 0 unspecified atom stereocenters. The van der Waals surface area contributed by atoms with E-state index >= 15 is 0 Å². The summed E-state index contributed by atoms with van der Waals surface area (Å²) in [7, 11) is 0. The quantitative estimate of drug-likeness (QED) is 0.609. The number of amides is 1. The Hall–Kier alpha value is -1.82. The molecule has 0 saturated carbocycles. The van der Waals surface area contributed by atoms with E-state index in [1.54, 1.807) is 6.92 Å². The van der Waals surface area contributed by atoms with Crippen molar-refractivity contribution in [3.8, 4) is 0 Å². The number of nitrogens with one attached hydrogen (secondary N) is 1. The van der Waals surface area contributed by atoms with Crippen molar-refractivity contribution in [2.24, 2.45) is 0 Å². The molecule has 0 aliphatic heterocycles. The molecule has 1 rings (SSSR count). The maximum Gasteiger partial charge on any atom is 0.325 e. The molecule has 17 heavy (non-hydrogen) atoms. The van der Waals surface area contributed by atoms with Crippen molar-refractivity contribution in [3.63, 3.8) is 0 Å². The minimum absolute atomic E-state index is 0.153. The van der Waals surface area contributed by atoms with Crippen LogP contribution >= 0.6 is 11.6 Å². The number of nitrogen functional groups attached to an aromatic ring is 1. The number of rotatable bonds is 4. The van der Waals surface area contributed by atoms with Crippen LogP contribution in [0.25, 0.3) is 0 Å². The predicted molar refractivity (Wildman–Crippen MR) is 62.6 cm³/mol. The second-order valence-corrected chi connectivity index (χ2v) is 3.47. The Balaban J connectivity index is 2.64. The summed E-state index contributed by atoms with van der Waals surface area (Å²) >= 11 is 5.64. The topological polar surface area (TPSA) is 94.3 Å². The van der Waals surface area contributed by atoms with Gasteiger partial charge in [-0.1, -0.05) is 11.6 Å². The molecule has 92 valence electrons. The Morgan fingerprint density at radius 2 is 2.29 bits per heavy atom. The monoisotopic (exact) mass is 257 g/mol. The molecule has 0 radical (unpaired) electrons. The smallest absolute Gasteiger partial charge is 0.325 e. The summed E-state index contributed by atoms with van der Waals surface area (Å²) < 4.78 is 4.66. The number of carbonyl (C=O) groups excluding carboxylic acids is 2. The number of nitrogens with two attached hydrogens (primary N) is 1. The van der Waals surface area contributed by atoms with Crippen LogP contribution in [0, 0.1) is 0 Å². The second-order valence-electron chi connectivity index (χ2n) is 3.08. The summed E-state index contributed by atoms with van der Waals surface area (Å²) in [5, 5.41) is 2.52. The lowest BCUT2D eigenvalue weighted by Gasteiger charge is -2.07. The third-order valence-electron chi connectivity index (χ3n) is 1.84. The van der Waals surface area contributed by atoms with Crippen molar-refractivity contribution in [1.82, 2.24) is 10.3 Å². The zero-order chi connectivity index (χ0) is 12.8. The molecule has 0 aliphatic carbocycles. The molecule has 0 aliphatic rings. The number of aromatic nitrogens is 1. The van der Waals surface area contributed by atoms with E-state index in [-0.39, 0.29) is 29.6 Å². The Morgan fingerprint density at radius 3 is 2.94 bits per heavy atom. The number of esters is 1. The van der Waals surface area contributed by atoms with Crippen molar-refractivity contribution in [2.45, 2.75) is 6.92 Å². The summed E-state index contributed by atoms with van der Waals surface area (Å²) in [6.45, 7) is 1.73. The molecule has 0 atom stereocenters. The first-order chi connectivity index (χ1) is 8.04. The Morgan fingerprint density at radius 1 is 1.59 bits per heavy atom. The van der Waals surface area contributed by atoms with Gasteiger partial charge < -0.3 is 15.8 Å². The Kier molecular flexibility index (Phi) is 4.71. The third kappa shape index (κ3) is 3.92. The van der Waals surface area contributed by atoms with Crippen LogP contribution < -0.4 is 11.1 Å². The molecule has 0 fully saturated rings. The Labute approximate surface area is 103 Å². The molecule has 0 saturated heterocycles. The molecule has 1 heterocycles. The normalized spacial score (nSPS) is 9.76. The molecule has 6 nitrogen and oxygen atoms in total. The van der Waals surface area contributed by atoms with Gasteiger partial charge in [-0.15, -0.1) is 0 Å². The highest BCUT2D eigenvalue weighted by atomic mass is 35.5. The molecule has 7 heteroatoms. The number of hydrogen-bond acceptors (Lipinski definition) is 5. The summed E-state index contributed by atoms with van der Waals surface area (Å²) in [5.74, 6) is -1.01. The van der Waals surface area contributed by atoms with Gasteiger partial charge in [-0.25, -0.2) is 4.98 Å². The number of anilines is 1. The fourth-order valence-corrected chi connectivity index (χ4v) is 1.25. The zero-order valence-corrected chi connectivity index (χ0v) is 9.95. The zero-order valence-electron chi connectivity index (χ0n) is 9.20. The van der Waals surface area contributed by atoms with Gasteiger partial charge in [-0.2, -0.15) is 0 Å². The van der Waals surface area contributed by atoms with Crippen LogP contribution in [0.2, 0.25) is 5.15 Å². The second kappa shape index (κ2) is 6.05. The third-order valence-corrected chi connectivity index (χ3v) is 2.05. The van der Waals surface area contributed by atoms with Crippen molar-refractivity contribution >= 4 is 29.2 Å². The fourth-order valence-electron chi connectivity index (χ4n) is 1.10. The van der Waals surface area contributed by atoms with Crippen LogP contribution in [-0.2, 0) is 9.53 Å². The highest BCUT2D eigenvalue weighted by Gasteiger charge is 2.12. The largest absolute Gasteiger partial charge is 0.465 e. The summed E-state index contributed by atoms with van der Waals surface area (Å²) in [6.07, 6.45) is 1.28. The van der Waals surface area contributed by atoms with Gasteiger partial charge in [0, 0.05) is 0 Å². The van der Waals surface area contributed by atoms with Gasteiger partial charge >= 0.3 is 5.97 Å². The molecule has 0 aromatic carbocycles. The lowest BCUT2D eigenvalue weighted by molar-refractivity contribution is -0.141. The predicted octanol–water partition coefficient (Wildman–Crippen LogP) is 0.610. The van der Waals surface area contributed by atoms with Gasteiger partial charge in [-0.3, -0.25) is 9.59 Å². The number of ether oxygens (including phenoxy) is 1. The minimum atomic E-state index is -0.514. The molecule has 1 amide bonds. The highest BCUT2D eigenvalue weighted by Crippen LogP contribution is 2.14. The van der Waals surface area contributed by atoms with Crippen molar-refractivity contribution in [1.29, 1.82) is 0 Å². The van der Waals surface area contributed by atoms with Gasteiger partial charge in [0.15, 0.2) is 0 Å². The number of halogens is 1. The van der Waals surface area contributed by atoms with Crippen molar-refractivity contribution < 1.29 is 14.3 Å². The van der Waals surface area contributed by atoms with E-state index < -0.39 is 11.9 Å². The Bertz CT molecular complexity index is 437. The van der Waals surface area contributed by atoms with Gasteiger partial charge in [-0.05, 0) is 13.0 Å². The van der Waals surface area contributed by atoms with Crippen LogP contribution in [0.4, 0.5) is 5.69 Å². The first-order valence-corrected chi connectivity index (χ1v) is 5.27. The first-order valence-electron chi connectivity index (χ1n) is 4.89. The number of nitrogens with zero attached hydrogens (tertiary/aromatic N) is 1. The first kappa shape index (κ1) is 13.2. The molecule has 1 aromatic heterocycles. The van der Waals surface area contributed by atoms with E-state index in [1.807, 2.05) is 0 Å². The number of carbonyl (C=O) groups is 2. The molecular weight excluding hydrogens is 246 g/mol. The molecule has 1 aromatic rings. The maximum absolute atomic E-state index is 11.6. The summed E-state index contributed by atoms with van der Waals surface area (Å²) in [4.78, 5) is 26.4. The van der Waals surface area contributed by atoms with E-state index in [0.717, 1.165) is 0 Å². The molecular formula is C10H12ClN3O3. The maximum atomic E-state index is 11.6. The lowest BCUT2D eigenvalue weighted by Crippen LogP contribution is -2.31. The van der Waals surface area contributed by atoms with Gasteiger partial charge in [0.25, 0.3) is 5.91 Å². The van der Waals surface area contributed by atoms with Crippen LogP contribution in [-0.4, -0.2) is 30.0 Å². The fraction of sp³-hybridized carbons (Fsp3) is 0.300. The van der Waals surface area contributed by atoms with Gasteiger partial charge in [0.2, 0.25) is 0 Å². The van der Waals surface area contributed by atoms with Crippen LogP contribution in [0.1, 0.15) is 17.3 Å². The van der Waals surface area contributed by atoms with Crippen LogP contribution in [0.15, 0.2) is 12.3 Å². The number of pyridine rings is 1. The van der Waals surface area contributed by atoms with Crippen molar-refractivity contribution in [2.75, 3.05) is 18.9 Å². The number of hydrogen-bond donors (Lipinski definition) is 2. The molecule has 0 spiro atoms. The standard InChI is InChI=1S/C10H12ClN3O3/c1-2-17-9(15)5-14-10(16)6-3-8(11)13-4-7(6)12/h3-4H,2,5,12H2,1H3,(H,14,16). The van der Waals surface area contributed by atoms with Crippen LogP contribution in [0.3, 0.4) is 0 Å². The van der Waals surface area contributed by atoms with Crippen molar-refractivity contribution in [3.05, 3.63) is 23.0 Å². The van der Waals surface area contributed by atoms with Crippen LogP contribution in [0.5, 0.6) is 0 Å². The lowest BCUT2D eigenvalue weighted by atomic mass is 10.2. The van der Waals surface area contributed by atoms with E-state index in [2.05, 4.69) is 15.0 Å².